The molecule has 2 aromatic carbocycles. The molecule has 3 aliphatic heterocycles. The van der Waals surface area contributed by atoms with Crippen molar-refractivity contribution in [2.24, 2.45) is 15.5 Å². The predicted octanol–water partition coefficient (Wildman–Crippen LogP) is 4.11. The monoisotopic (exact) mass is 580 g/mol. The van der Waals surface area contributed by atoms with Crippen LogP contribution in [0.25, 0.3) is 0 Å². The first-order chi connectivity index (χ1) is 14.3. The Labute approximate surface area is 190 Å². The van der Waals surface area contributed by atoms with E-state index in [9.17, 15) is 0 Å². The van der Waals surface area contributed by atoms with Gasteiger partial charge in [-0.3, -0.25) is 0 Å². The van der Waals surface area contributed by atoms with Gasteiger partial charge in [0.2, 0.25) is 0 Å². The Morgan fingerprint density at radius 3 is 2.33 bits per heavy atom. The number of nitrogens with zero attached hydrogens (tertiary/aromatic N) is 7. The summed E-state index contributed by atoms with van der Waals surface area (Å²) < 4.78 is 6.00. The van der Waals surface area contributed by atoms with Crippen LogP contribution >= 0.6 is 0 Å². The van der Waals surface area contributed by atoms with Crippen molar-refractivity contribution in [3.63, 3.8) is 0 Å². The third kappa shape index (κ3) is 3.43. The number of ether oxygens (including phenoxy) is 1. The van der Waals surface area contributed by atoms with Crippen LogP contribution in [0.15, 0.2) is 51.9 Å². The van der Waals surface area contributed by atoms with Gasteiger partial charge < -0.3 is 24.7 Å². The second-order valence-corrected chi connectivity index (χ2v) is 7.48. The standard InChI is InChI=1S/C21H19N7O.Pt/c1-2-10-21-20(9-1)25-13-22-26(14-25)16-5-3-7-18(11-16)29-19-8-4-6-17(12-19)27-15-28(21)24-23-27;/h3-8,13-15,20-21H,1-2,9-10H2;/q-4;+4. The molecule has 3 heterocycles. The van der Waals surface area contributed by atoms with Crippen LogP contribution < -0.4 is 14.8 Å². The zero-order valence-electron chi connectivity index (χ0n) is 16.0. The van der Waals surface area contributed by atoms with Crippen molar-refractivity contribution in [2.45, 2.75) is 37.8 Å². The van der Waals surface area contributed by atoms with Crippen molar-refractivity contribution in [1.29, 1.82) is 0 Å². The first-order valence-corrected chi connectivity index (χ1v) is 9.86. The molecular formula is C21H19N7OPt. The van der Waals surface area contributed by atoms with Gasteiger partial charge >= 0.3 is 21.1 Å². The molecule has 0 amide bonds. The molecule has 9 heteroatoms. The number of rotatable bonds is 0. The van der Waals surface area contributed by atoms with Crippen molar-refractivity contribution in [3.8, 4) is 11.5 Å². The van der Waals surface area contributed by atoms with Gasteiger partial charge in [-0.15, -0.1) is 49.7 Å². The summed E-state index contributed by atoms with van der Waals surface area (Å²) in [4.78, 5) is 2.18. The van der Waals surface area contributed by atoms with Crippen LogP contribution in [-0.2, 0) is 21.1 Å². The average Bonchev–Trinajstić information content (AvgIpc) is 3.44. The van der Waals surface area contributed by atoms with Gasteiger partial charge in [0.05, 0.1) is 6.34 Å². The van der Waals surface area contributed by atoms with Crippen molar-refractivity contribution < 1.29 is 25.8 Å². The summed E-state index contributed by atoms with van der Waals surface area (Å²) in [5.41, 5.74) is 1.61. The van der Waals surface area contributed by atoms with E-state index in [-0.39, 0.29) is 33.1 Å². The summed E-state index contributed by atoms with van der Waals surface area (Å²) in [6, 6.07) is 18.6. The van der Waals surface area contributed by atoms with Gasteiger partial charge in [0.1, 0.15) is 0 Å². The Hall–Kier alpha value is -2.60. The number of hydrazone groups is 1. The maximum absolute atomic E-state index is 6.00. The Kier molecular flexibility index (Phi) is 5.11. The fourth-order valence-electron chi connectivity index (χ4n) is 4.23. The number of fused-ring (bicyclic) bond motifs is 13. The summed E-state index contributed by atoms with van der Waals surface area (Å²) in [5.74, 6) is 1.20. The van der Waals surface area contributed by atoms with Crippen molar-refractivity contribution in [1.82, 2.24) is 9.91 Å². The fraction of sp³-hybridized carbons (Fsp3) is 0.286. The summed E-state index contributed by atoms with van der Waals surface area (Å²) in [6.45, 7) is 3.96. The Bertz CT molecular complexity index is 906. The van der Waals surface area contributed by atoms with Crippen molar-refractivity contribution in [2.75, 3.05) is 10.0 Å². The van der Waals surface area contributed by atoms with Gasteiger partial charge in [-0.25, -0.2) is 0 Å². The third-order valence-corrected chi connectivity index (χ3v) is 5.66. The molecular weight excluding hydrogens is 561 g/mol. The molecule has 30 heavy (non-hydrogen) atoms. The smallest absolute Gasteiger partial charge is 0.509 e. The first-order valence-electron chi connectivity index (χ1n) is 9.86. The summed E-state index contributed by atoms with van der Waals surface area (Å²) in [6.07, 6.45) is 6.40. The quantitative estimate of drug-likeness (QED) is 0.440. The normalized spacial score (nSPS) is 24.0. The van der Waals surface area contributed by atoms with Crippen LogP contribution in [0.2, 0.25) is 0 Å². The molecule has 2 unspecified atom stereocenters. The van der Waals surface area contributed by atoms with E-state index in [2.05, 4.69) is 32.6 Å². The molecule has 8 nitrogen and oxygen atoms in total. The minimum atomic E-state index is 0. The Morgan fingerprint density at radius 1 is 0.867 bits per heavy atom. The minimum Gasteiger partial charge on any atom is -0.509 e. The molecule has 0 radical (unpaired) electrons. The largest absolute Gasteiger partial charge is 4.00 e. The molecule has 1 aliphatic carbocycles. The number of anilines is 2. The summed E-state index contributed by atoms with van der Waals surface area (Å²) in [5, 5.41) is 18.9. The first kappa shape index (κ1) is 19.4. The van der Waals surface area contributed by atoms with E-state index in [0.717, 1.165) is 24.2 Å². The van der Waals surface area contributed by atoms with E-state index >= 15 is 0 Å². The van der Waals surface area contributed by atoms with E-state index in [0.29, 0.717) is 11.5 Å². The zero-order valence-corrected chi connectivity index (χ0v) is 18.3. The van der Waals surface area contributed by atoms with Crippen LogP contribution in [0.4, 0.5) is 11.4 Å². The number of benzene rings is 2. The Morgan fingerprint density at radius 2 is 1.57 bits per heavy atom. The zero-order chi connectivity index (χ0) is 19.2. The molecule has 6 rings (SSSR count). The number of hydrogen-bond acceptors (Lipinski definition) is 8. The van der Waals surface area contributed by atoms with Crippen LogP contribution in [0.5, 0.6) is 11.5 Å². The van der Waals surface area contributed by atoms with Gasteiger partial charge in [0.15, 0.2) is 0 Å². The molecule has 0 saturated heterocycles. The Balaban J connectivity index is 0.00000193. The molecule has 8 bridgehead atoms. The maximum atomic E-state index is 6.00. The van der Waals surface area contributed by atoms with E-state index in [4.69, 9.17) is 4.74 Å². The van der Waals surface area contributed by atoms with Crippen molar-refractivity contribution >= 4 is 17.7 Å². The molecule has 0 N–H and O–H groups in total. The molecule has 154 valence electrons. The minimum absolute atomic E-state index is 0. The van der Waals surface area contributed by atoms with Crippen molar-refractivity contribution in [3.05, 3.63) is 61.9 Å². The van der Waals surface area contributed by atoms with E-state index in [1.54, 1.807) is 5.01 Å². The van der Waals surface area contributed by atoms with Crippen LogP contribution in [0.3, 0.4) is 0 Å². The van der Waals surface area contributed by atoms with Gasteiger partial charge in [0.25, 0.3) is 0 Å². The van der Waals surface area contributed by atoms with Gasteiger partial charge in [-0.05, 0) is 12.8 Å². The fourth-order valence-corrected chi connectivity index (χ4v) is 4.23. The van der Waals surface area contributed by atoms with E-state index < -0.39 is 0 Å². The van der Waals surface area contributed by atoms with Crippen LogP contribution in [0.1, 0.15) is 25.7 Å². The topological polar surface area (TPSA) is 59.3 Å². The van der Waals surface area contributed by atoms with Crippen LogP contribution in [-0.4, -0.2) is 28.3 Å². The maximum Gasteiger partial charge on any atom is 4.00 e. The van der Waals surface area contributed by atoms with Gasteiger partial charge in [-0.1, -0.05) is 34.7 Å². The molecule has 0 aromatic heterocycles. The molecule has 1 saturated carbocycles. The summed E-state index contributed by atoms with van der Waals surface area (Å²) in [7, 11) is 0. The molecule has 0 spiro atoms. The third-order valence-electron chi connectivity index (χ3n) is 5.66. The van der Waals surface area contributed by atoms with E-state index in [1.807, 2.05) is 66.1 Å². The number of hydrogen-bond donors (Lipinski definition) is 0. The molecule has 2 aromatic rings. The van der Waals surface area contributed by atoms with Crippen LogP contribution in [0, 0.1) is 25.5 Å². The summed E-state index contributed by atoms with van der Waals surface area (Å²) >= 11 is 0. The van der Waals surface area contributed by atoms with Gasteiger partial charge in [-0.2, -0.15) is 17.2 Å². The molecule has 1 fully saturated rings. The molecule has 4 aliphatic rings. The van der Waals surface area contributed by atoms with E-state index in [1.165, 1.54) is 12.8 Å². The van der Waals surface area contributed by atoms with Gasteiger partial charge in [0, 0.05) is 23.6 Å². The SMILES string of the molecule is [Pt+4].[c-]1c2cccc1N1[CH-]N(C=N1)C1CCCCC1N1[CH-]N(N=N1)c1[c-]c(ccc1)O2. The predicted molar refractivity (Wildman–Crippen MR) is 107 cm³/mol. The molecule has 2 atom stereocenters. The second kappa shape index (κ2) is 7.91. The second-order valence-electron chi connectivity index (χ2n) is 7.48. The average molecular weight is 581 g/mol.